The van der Waals surface area contributed by atoms with E-state index in [2.05, 4.69) is 51.6 Å². The molecule has 224 valence electrons. The molecule has 0 radical (unpaired) electrons. The Kier molecular flexibility index (Phi) is 12.3. The Labute approximate surface area is 232 Å². The lowest BCUT2D eigenvalue weighted by atomic mass is 9.71. The first kappa shape index (κ1) is 33.4. The number of rotatable bonds is 5. The average Bonchev–Trinajstić information content (AvgIpc) is 3.40. The number of ether oxygens (including phenoxy) is 1. The quantitative estimate of drug-likeness (QED) is 0.414. The number of carboxylic acids is 2. The Balaban J connectivity index is 0.000000333. The number of carboxylic acid groups (broad SMARTS) is 2. The van der Waals surface area contributed by atoms with Crippen LogP contribution in [0.4, 0.5) is 26.3 Å². The van der Waals surface area contributed by atoms with Crippen LogP contribution in [0.5, 0.6) is 5.75 Å². The van der Waals surface area contributed by atoms with E-state index in [4.69, 9.17) is 24.5 Å². The van der Waals surface area contributed by atoms with E-state index in [0.717, 1.165) is 18.8 Å². The Morgan fingerprint density at radius 1 is 0.825 bits per heavy atom. The lowest BCUT2D eigenvalue weighted by Crippen LogP contribution is -2.46. The molecule has 4 rings (SSSR count). The largest absolute Gasteiger partial charge is 0.497 e. The molecule has 1 aromatic heterocycles. The van der Waals surface area contributed by atoms with Crippen LogP contribution in [0.3, 0.4) is 0 Å². The van der Waals surface area contributed by atoms with Gasteiger partial charge in [-0.05, 0) is 86.4 Å². The van der Waals surface area contributed by atoms with Crippen molar-refractivity contribution >= 4 is 23.3 Å². The molecule has 2 aliphatic heterocycles. The van der Waals surface area contributed by atoms with Crippen LogP contribution in [-0.4, -0.2) is 77.6 Å². The number of hydrogen-bond acceptors (Lipinski definition) is 6. The summed E-state index contributed by atoms with van der Waals surface area (Å²) in [6, 6.07) is 13.0. The summed E-state index contributed by atoms with van der Waals surface area (Å²) < 4.78 is 68.7. The molecule has 0 amide bonds. The van der Waals surface area contributed by atoms with Crippen LogP contribution in [0.1, 0.15) is 36.1 Å². The molecular weight excluding hydrogens is 566 g/mol. The van der Waals surface area contributed by atoms with Gasteiger partial charge in [0.15, 0.2) is 0 Å². The van der Waals surface area contributed by atoms with Gasteiger partial charge in [0.2, 0.25) is 0 Å². The minimum atomic E-state index is -5.08. The average molecular weight is 599 g/mol. The molecule has 0 saturated carbocycles. The SMILES string of the molecule is COc1ccc(CN2CCC3(CC2)CCN(Cc2cccs2)CC3)cc1.O=C(O)C(F)(F)F.O=C(O)C(F)(F)F. The van der Waals surface area contributed by atoms with Crippen molar-refractivity contribution in [3.05, 3.63) is 52.2 Å². The lowest BCUT2D eigenvalue weighted by molar-refractivity contribution is -0.193. The zero-order valence-electron chi connectivity index (χ0n) is 21.8. The van der Waals surface area contributed by atoms with Gasteiger partial charge < -0.3 is 14.9 Å². The second-order valence-corrected chi connectivity index (χ2v) is 10.6. The Bertz CT molecular complexity index is 1020. The smallest absolute Gasteiger partial charge is 0.490 e. The lowest BCUT2D eigenvalue weighted by Gasteiger charge is -2.47. The summed E-state index contributed by atoms with van der Waals surface area (Å²) in [5.41, 5.74) is 2.01. The topological polar surface area (TPSA) is 90.3 Å². The van der Waals surface area contributed by atoms with Crippen LogP contribution in [-0.2, 0) is 22.7 Å². The Morgan fingerprint density at radius 2 is 1.25 bits per heavy atom. The van der Waals surface area contributed by atoms with Gasteiger partial charge in [0.05, 0.1) is 7.11 Å². The number of hydrogen-bond donors (Lipinski definition) is 2. The van der Waals surface area contributed by atoms with Crippen LogP contribution >= 0.6 is 11.3 Å². The van der Waals surface area contributed by atoms with Gasteiger partial charge in [0.1, 0.15) is 5.75 Å². The number of benzene rings is 1. The van der Waals surface area contributed by atoms with E-state index in [0.29, 0.717) is 5.41 Å². The van der Waals surface area contributed by atoms with Crippen LogP contribution in [0.25, 0.3) is 0 Å². The monoisotopic (exact) mass is 598 g/mol. The summed E-state index contributed by atoms with van der Waals surface area (Å²) in [6.45, 7) is 7.27. The zero-order valence-corrected chi connectivity index (χ0v) is 22.6. The van der Waals surface area contributed by atoms with E-state index in [-0.39, 0.29) is 0 Å². The van der Waals surface area contributed by atoms with E-state index >= 15 is 0 Å². The van der Waals surface area contributed by atoms with Crippen molar-refractivity contribution in [1.29, 1.82) is 0 Å². The summed E-state index contributed by atoms with van der Waals surface area (Å²) in [4.78, 5) is 24.6. The number of likely N-dealkylation sites (tertiary alicyclic amines) is 2. The van der Waals surface area contributed by atoms with E-state index in [1.807, 2.05) is 11.3 Å². The number of carbonyl (C=O) groups is 2. The molecule has 1 spiro atoms. The molecule has 2 aromatic rings. The molecule has 0 atom stereocenters. The second kappa shape index (κ2) is 14.7. The fourth-order valence-electron chi connectivity index (χ4n) is 4.48. The highest BCUT2D eigenvalue weighted by molar-refractivity contribution is 7.09. The van der Waals surface area contributed by atoms with Crippen LogP contribution in [0, 0.1) is 5.41 Å². The Morgan fingerprint density at radius 3 is 1.60 bits per heavy atom. The first-order chi connectivity index (χ1) is 18.6. The molecule has 0 aliphatic carbocycles. The molecule has 7 nitrogen and oxygen atoms in total. The highest BCUT2D eigenvalue weighted by Gasteiger charge is 2.39. The minimum absolute atomic E-state index is 0.613. The van der Waals surface area contributed by atoms with E-state index in [1.54, 1.807) is 7.11 Å². The second-order valence-electron chi connectivity index (χ2n) is 9.59. The summed E-state index contributed by atoms with van der Waals surface area (Å²) in [5, 5.41) is 16.4. The van der Waals surface area contributed by atoms with Crippen molar-refractivity contribution in [2.24, 2.45) is 5.41 Å². The number of methoxy groups -OCH3 is 1. The van der Waals surface area contributed by atoms with Crippen molar-refractivity contribution in [3.63, 3.8) is 0 Å². The van der Waals surface area contributed by atoms with Gasteiger partial charge in [-0.1, -0.05) is 18.2 Å². The summed E-state index contributed by atoms with van der Waals surface area (Å²) in [6.07, 6.45) is -4.66. The first-order valence-electron chi connectivity index (χ1n) is 12.3. The summed E-state index contributed by atoms with van der Waals surface area (Å²) in [7, 11) is 1.73. The molecule has 0 unspecified atom stereocenters. The third kappa shape index (κ3) is 11.3. The number of piperidine rings is 2. The number of aliphatic carboxylic acids is 2. The Hall–Kier alpha value is -2.84. The molecule has 2 fully saturated rings. The first-order valence-corrected chi connectivity index (χ1v) is 13.2. The van der Waals surface area contributed by atoms with Crippen molar-refractivity contribution in [2.75, 3.05) is 33.3 Å². The predicted molar refractivity (Wildman–Crippen MR) is 136 cm³/mol. The molecule has 2 saturated heterocycles. The molecule has 2 N–H and O–H groups in total. The minimum Gasteiger partial charge on any atom is -0.497 e. The molecule has 1 aromatic carbocycles. The molecule has 40 heavy (non-hydrogen) atoms. The van der Waals surface area contributed by atoms with Gasteiger partial charge in [-0.3, -0.25) is 9.80 Å². The van der Waals surface area contributed by atoms with Gasteiger partial charge in [-0.15, -0.1) is 11.3 Å². The van der Waals surface area contributed by atoms with Gasteiger partial charge in [-0.25, -0.2) is 9.59 Å². The van der Waals surface area contributed by atoms with Crippen molar-refractivity contribution in [3.8, 4) is 5.75 Å². The predicted octanol–water partition coefficient (Wildman–Crippen LogP) is 5.90. The molecule has 2 aliphatic rings. The number of alkyl halides is 6. The number of thiophene rings is 1. The third-order valence-corrected chi connectivity index (χ3v) is 7.70. The van der Waals surface area contributed by atoms with Gasteiger partial charge in [-0.2, -0.15) is 26.3 Å². The van der Waals surface area contributed by atoms with Crippen LogP contribution in [0.2, 0.25) is 0 Å². The maximum Gasteiger partial charge on any atom is 0.490 e. The maximum absolute atomic E-state index is 10.6. The van der Waals surface area contributed by atoms with Crippen LogP contribution in [0.15, 0.2) is 41.8 Å². The summed E-state index contributed by atoms with van der Waals surface area (Å²) >= 11 is 1.89. The fourth-order valence-corrected chi connectivity index (χ4v) is 5.23. The highest BCUT2D eigenvalue weighted by atomic mass is 32.1. The molecular formula is C26H32F6N2O5S. The van der Waals surface area contributed by atoms with Crippen molar-refractivity contribution in [1.82, 2.24) is 9.80 Å². The standard InChI is InChI=1S/C22H30N2OS.2C2HF3O2/c1-25-20-6-4-19(5-7-20)17-23-12-8-22(9-13-23)10-14-24(15-11-22)18-21-3-2-16-26-21;2*3-2(4,5)1(6)7/h2-7,16H,8-15,17-18H2,1H3;2*(H,6,7). The molecule has 3 heterocycles. The van der Waals surface area contributed by atoms with Gasteiger partial charge in [0, 0.05) is 18.0 Å². The number of halogens is 6. The fraction of sp³-hybridized carbons (Fsp3) is 0.538. The van der Waals surface area contributed by atoms with Gasteiger partial charge in [0.25, 0.3) is 0 Å². The van der Waals surface area contributed by atoms with E-state index in [1.165, 1.54) is 62.3 Å². The third-order valence-electron chi connectivity index (χ3n) is 6.84. The van der Waals surface area contributed by atoms with Gasteiger partial charge >= 0.3 is 24.3 Å². The van der Waals surface area contributed by atoms with Crippen LogP contribution < -0.4 is 4.74 Å². The van der Waals surface area contributed by atoms with E-state index in [9.17, 15) is 26.3 Å². The molecule has 14 heteroatoms. The summed E-state index contributed by atoms with van der Waals surface area (Å²) in [5.74, 6) is -4.57. The van der Waals surface area contributed by atoms with Crippen molar-refractivity contribution < 1.29 is 50.9 Å². The normalized spacial score (nSPS) is 17.7. The highest BCUT2D eigenvalue weighted by Crippen LogP contribution is 2.41. The number of nitrogens with zero attached hydrogens (tertiary/aromatic N) is 2. The molecule has 0 bridgehead atoms. The van der Waals surface area contributed by atoms with E-state index < -0.39 is 24.3 Å². The van der Waals surface area contributed by atoms with Crippen molar-refractivity contribution in [2.45, 2.75) is 51.1 Å². The maximum atomic E-state index is 10.6. The zero-order chi connectivity index (χ0) is 30.0.